The number of hydrogen-bond donors (Lipinski definition) is 1. The highest BCUT2D eigenvalue weighted by Crippen LogP contribution is 2.26. The molecule has 2 aromatic heterocycles. The second-order valence-electron chi connectivity index (χ2n) is 3.15. The quantitative estimate of drug-likeness (QED) is 0.828. The summed E-state index contributed by atoms with van der Waals surface area (Å²) >= 11 is 0. The Morgan fingerprint density at radius 1 is 1.35 bits per heavy atom. The Labute approximate surface area is 97.2 Å². The maximum absolute atomic E-state index is 9.45. The van der Waals surface area contributed by atoms with Gasteiger partial charge in [0.15, 0.2) is 0 Å². The molecule has 6 heteroatoms. The summed E-state index contributed by atoms with van der Waals surface area (Å²) in [5.41, 5.74) is 0.924. The van der Waals surface area contributed by atoms with Crippen LogP contribution in [0.15, 0.2) is 24.8 Å². The number of hydrogen-bond acceptors (Lipinski definition) is 6. The lowest BCUT2D eigenvalue weighted by Crippen LogP contribution is -1.93. The summed E-state index contributed by atoms with van der Waals surface area (Å²) in [6, 6.07) is 3.53. The first-order chi connectivity index (χ1) is 8.26. The third-order valence-electron chi connectivity index (χ3n) is 2.16. The van der Waals surface area contributed by atoms with Crippen molar-refractivity contribution in [1.29, 1.82) is 5.26 Å². The first kappa shape index (κ1) is 10.8. The summed E-state index contributed by atoms with van der Waals surface area (Å²) in [6.45, 7) is 0. The highest BCUT2D eigenvalue weighted by atomic mass is 16.5. The van der Waals surface area contributed by atoms with Gasteiger partial charge in [0, 0.05) is 11.8 Å². The second-order valence-corrected chi connectivity index (χ2v) is 3.15. The van der Waals surface area contributed by atoms with Gasteiger partial charge >= 0.3 is 0 Å². The lowest BCUT2D eigenvalue weighted by molar-refractivity contribution is 0.413. The van der Waals surface area contributed by atoms with Crippen molar-refractivity contribution in [3.8, 4) is 29.0 Å². The molecule has 1 N–H and O–H groups in total. The van der Waals surface area contributed by atoms with Crippen LogP contribution in [0.3, 0.4) is 0 Å². The minimum atomic E-state index is -0.347. The molecule has 0 aliphatic rings. The van der Waals surface area contributed by atoms with Crippen molar-refractivity contribution in [3.05, 3.63) is 30.4 Å². The van der Waals surface area contributed by atoms with Crippen molar-refractivity contribution in [1.82, 2.24) is 15.0 Å². The Hall–Kier alpha value is -2.68. The molecule has 0 amide bonds. The van der Waals surface area contributed by atoms with E-state index in [4.69, 9.17) is 10.00 Å². The molecule has 0 saturated heterocycles. The van der Waals surface area contributed by atoms with Gasteiger partial charge in [-0.3, -0.25) is 4.98 Å². The van der Waals surface area contributed by atoms with Crippen molar-refractivity contribution in [3.63, 3.8) is 0 Å². The van der Waals surface area contributed by atoms with Crippen LogP contribution in [0.2, 0.25) is 0 Å². The molecule has 17 heavy (non-hydrogen) atoms. The molecule has 0 spiro atoms. The lowest BCUT2D eigenvalue weighted by Gasteiger charge is -2.05. The van der Waals surface area contributed by atoms with Gasteiger partial charge in [-0.2, -0.15) is 5.26 Å². The van der Waals surface area contributed by atoms with Crippen molar-refractivity contribution < 1.29 is 9.84 Å². The van der Waals surface area contributed by atoms with E-state index in [9.17, 15) is 5.11 Å². The van der Waals surface area contributed by atoms with Crippen LogP contribution >= 0.6 is 0 Å². The third-order valence-corrected chi connectivity index (χ3v) is 2.16. The average molecular weight is 228 g/mol. The Bertz CT molecular complexity index is 592. The van der Waals surface area contributed by atoms with E-state index in [0.29, 0.717) is 17.0 Å². The van der Waals surface area contributed by atoms with Crippen molar-refractivity contribution >= 4 is 0 Å². The van der Waals surface area contributed by atoms with Crippen LogP contribution in [0, 0.1) is 11.3 Å². The van der Waals surface area contributed by atoms with Crippen LogP contribution in [0.5, 0.6) is 11.6 Å². The normalized spacial score (nSPS) is 9.65. The molecule has 6 nitrogen and oxygen atoms in total. The van der Waals surface area contributed by atoms with E-state index in [-0.39, 0.29) is 11.4 Å². The van der Waals surface area contributed by atoms with Gasteiger partial charge in [-0.05, 0) is 6.07 Å². The fourth-order valence-corrected chi connectivity index (χ4v) is 1.36. The molecule has 0 fully saturated rings. The van der Waals surface area contributed by atoms with Crippen molar-refractivity contribution in [2.75, 3.05) is 7.11 Å². The second kappa shape index (κ2) is 4.45. The van der Waals surface area contributed by atoms with Crippen molar-refractivity contribution in [2.45, 2.75) is 0 Å². The van der Waals surface area contributed by atoms with Crippen LogP contribution in [0.25, 0.3) is 11.3 Å². The maximum atomic E-state index is 9.45. The smallest absolute Gasteiger partial charge is 0.232 e. The molecule has 2 heterocycles. The molecular formula is C11H8N4O2. The van der Waals surface area contributed by atoms with Gasteiger partial charge in [0.25, 0.3) is 0 Å². The Morgan fingerprint density at radius 2 is 2.18 bits per heavy atom. The van der Waals surface area contributed by atoms with E-state index in [0.717, 1.165) is 0 Å². The van der Waals surface area contributed by atoms with E-state index in [1.165, 1.54) is 25.8 Å². The number of nitrogens with zero attached hydrogens (tertiary/aromatic N) is 4. The summed E-state index contributed by atoms with van der Waals surface area (Å²) < 4.78 is 5.03. The molecule has 0 atom stereocenters. The molecule has 2 rings (SSSR count). The number of nitriles is 1. The van der Waals surface area contributed by atoms with Crippen LogP contribution < -0.4 is 4.74 Å². The molecule has 0 aliphatic heterocycles. The SMILES string of the molecule is COc1cncc(-c2ncnc(O)c2C#N)c1. The predicted octanol–water partition coefficient (Wildman–Crippen LogP) is 1.12. The zero-order valence-corrected chi connectivity index (χ0v) is 8.95. The summed E-state index contributed by atoms with van der Waals surface area (Å²) in [4.78, 5) is 11.5. The van der Waals surface area contributed by atoms with Gasteiger partial charge < -0.3 is 9.84 Å². The van der Waals surface area contributed by atoms with E-state index in [2.05, 4.69) is 15.0 Å². The topological polar surface area (TPSA) is 91.9 Å². The number of aromatic nitrogens is 3. The third kappa shape index (κ3) is 1.99. The lowest BCUT2D eigenvalue weighted by atomic mass is 10.1. The van der Waals surface area contributed by atoms with Crippen LogP contribution in [-0.2, 0) is 0 Å². The maximum Gasteiger partial charge on any atom is 0.232 e. The van der Waals surface area contributed by atoms with Crippen LogP contribution in [-0.4, -0.2) is 27.2 Å². The van der Waals surface area contributed by atoms with Crippen LogP contribution in [0.4, 0.5) is 0 Å². The number of pyridine rings is 1. The number of rotatable bonds is 2. The zero-order chi connectivity index (χ0) is 12.3. The molecule has 0 bridgehead atoms. The minimum Gasteiger partial charge on any atom is -0.495 e. The van der Waals surface area contributed by atoms with Crippen LogP contribution in [0.1, 0.15) is 5.56 Å². The Morgan fingerprint density at radius 3 is 2.88 bits per heavy atom. The zero-order valence-electron chi connectivity index (χ0n) is 8.95. The highest BCUT2D eigenvalue weighted by molar-refractivity contribution is 5.68. The Balaban J connectivity index is 2.61. The molecule has 0 aliphatic carbocycles. The minimum absolute atomic E-state index is 0.0163. The predicted molar refractivity (Wildman–Crippen MR) is 58.2 cm³/mol. The fraction of sp³-hybridized carbons (Fsp3) is 0.0909. The first-order valence-electron chi connectivity index (χ1n) is 4.69. The largest absolute Gasteiger partial charge is 0.495 e. The number of methoxy groups -OCH3 is 1. The van der Waals surface area contributed by atoms with Gasteiger partial charge in [0.1, 0.15) is 23.7 Å². The average Bonchev–Trinajstić information content (AvgIpc) is 2.38. The number of ether oxygens (including phenoxy) is 1. The summed E-state index contributed by atoms with van der Waals surface area (Å²) in [6.07, 6.45) is 4.26. The standard InChI is InChI=1S/C11H8N4O2/c1-17-8-2-7(4-13-5-8)10-9(3-12)11(16)15-6-14-10/h2,4-6H,1H3,(H,14,15,16). The van der Waals surface area contributed by atoms with E-state index >= 15 is 0 Å². The van der Waals surface area contributed by atoms with E-state index in [1.807, 2.05) is 6.07 Å². The van der Waals surface area contributed by atoms with Gasteiger partial charge in [-0.15, -0.1) is 0 Å². The Kier molecular flexibility index (Phi) is 2.83. The summed E-state index contributed by atoms with van der Waals surface area (Å²) in [5, 5.41) is 18.4. The van der Waals surface area contributed by atoms with Gasteiger partial charge in [0.2, 0.25) is 5.88 Å². The molecule has 84 valence electrons. The monoisotopic (exact) mass is 228 g/mol. The van der Waals surface area contributed by atoms with Gasteiger partial charge in [-0.25, -0.2) is 9.97 Å². The van der Waals surface area contributed by atoms with E-state index < -0.39 is 0 Å². The highest BCUT2D eigenvalue weighted by Gasteiger charge is 2.12. The molecule has 0 unspecified atom stereocenters. The summed E-state index contributed by atoms with van der Waals surface area (Å²) in [5.74, 6) is 0.199. The van der Waals surface area contributed by atoms with Gasteiger partial charge in [0.05, 0.1) is 19.0 Å². The number of aromatic hydroxyl groups is 1. The molecule has 0 saturated carbocycles. The summed E-state index contributed by atoms with van der Waals surface area (Å²) in [7, 11) is 1.52. The fourth-order valence-electron chi connectivity index (χ4n) is 1.36. The first-order valence-corrected chi connectivity index (χ1v) is 4.69. The van der Waals surface area contributed by atoms with Gasteiger partial charge in [-0.1, -0.05) is 0 Å². The molecule has 0 aromatic carbocycles. The van der Waals surface area contributed by atoms with Crippen molar-refractivity contribution in [2.24, 2.45) is 0 Å². The molecule has 2 aromatic rings. The van der Waals surface area contributed by atoms with E-state index in [1.54, 1.807) is 6.07 Å². The molecular weight excluding hydrogens is 220 g/mol. The molecule has 0 radical (unpaired) electrons.